The minimum atomic E-state index is -3.95. The Bertz CT molecular complexity index is 976. The maximum atomic E-state index is 11.6. The molecule has 13 atom stereocenters. The van der Waals surface area contributed by atoms with Crippen molar-refractivity contribution in [2.45, 2.75) is 79.9 Å². The molecule has 4 unspecified atom stereocenters. The van der Waals surface area contributed by atoms with Gasteiger partial charge >= 0.3 is 0 Å². The van der Waals surface area contributed by atoms with E-state index in [-0.39, 0.29) is 57.7 Å². The van der Waals surface area contributed by atoms with Crippen LogP contribution in [-0.2, 0) is 55.9 Å². The van der Waals surface area contributed by atoms with E-state index in [1.807, 2.05) is 0 Å². The molecule has 0 amide bonds. The summed E-state index contributed by atoms with van der Waals surface area (Å²) < 4.78 is 80.8. The second-order valence-electron chi connectivity index (χ2n) is 10.8. The molecule has 47 heavy (non-hydrogen) atoms. The highest BCUT2D eigenvalue weighted by Gasteiger charge is 2.44. The third-order valence-electron chi connectivity index (χ3n) is 6.46. The standard InChI is InChI=1S/C10H20BO7P.C7H16B2O4P.C7H15BNO4P/c1-15-6-7-8(18-19(2,13)14)9(10(11)17-7)16-5-3-4-12;1-11-4-6-5(3-7(8)12-6)13-14(2,9)10;1-12-4-6-5(3-7(8)13-6)9-14(2,10)11/h7-10,12H,3-6H2,1-2H3,(H,13,14);5-7H,3-4H2,1-2,9H3;5-7H,3-4H2,1-2H3,(H2,9,10,11)/q;-1;/p-2/t7-,8+,9?,10-;5-,6-,7-,14?;5-,6-,7-/m111/s1. The van der Waals surface area contributed by atoms with E-state index in [1.165, 1.54) is 14.2 Å². The molecule has 0 saturated carbocycles. The minimum absolute atomic E-state index is 0.0241. The molecule has 3 fully saturated rings. The monoisotopic (exact) mass is 728 g/mol. The second-order valence-corrected chi connectivity index (χ2v) is 15.6. The lowest BCUT2D eigenvalue weighted by Gasteiger charge is -2.29. The maximum absolute atomic E-state index is 11.6. The molecule has 0 spiro atoms. The lowest BCUT2D eigenvalue weighted by molar-refractivity contribution is -0.205. The summed E-state index contributed by atoms with van der Waals surface area (Å²) >= 11 is 0. The molecule has 3 aliphatic heterocycles. The number of ether oxygens (including phenoxy) is 7. The molecule has 6 radical (unpaired) electrons. The van der Waals surface area contributed by atoms with Gasteiger partial charge in [0.1, 0.15) is 55.6 Å². The SMILES string of the molecule is [B][C@@H]1O[C@H](COC)[C@H](OP(C)(=O)[O-])C1OCCCO.[B][C@H]1C[C@@H](NP(C)(=O)[O-])[C@@H](COC)O1.[B][C@H]1C[C@@H](OP([BH3-])(C)=O)[C@@H](COC)O1. The van der Waals surface area contributed by atoms with Crippen molar-refractivity contribution in [2.24, 2.45) is 0 Å². The zero-order chi connectivity index (χ0) is 36.0. The first-order chi connectivity index (χ1) is 21.7. The third-order valence-corrected chi connectivity index (χ3v) is 8.46. The van der Waals surface area contributed by atoms with Crippen molar-refractivity contribution in [2.75, 3.05) is 74.4 Å². The fraction of sp³-hybridized carbons (Fsp3) is 1.00. The van der Waals surface area contributed by atoms with Gasteiger partial charge < -0.3 is 70.8 Å². The highest BCUT2D eigenvalue weighted by Crippen LogP contribution is 2.42. The first kappa shape index (κ1) is 45.5. The van der Waals surface area contributed by atoms with Crippen molar-refractivity contribution in [3.05, 3.63) is 0 Å². The molecule has 3 heterocycles. The molecule has 16 nitrogen and oxygen atoms in total. The van der Waals surface area contributed by atoms with Gasteiger partial charge in [0.05, 0.1) is 47.1 Å². The van der Waals surface area contributed by atoms with E-state index in [9.17, 15) is 23.5 Å². The summed E-state index contributed by atoms with van der Waals surface area (Å²) in [5.74, 6) is 0. The summed E-state index contributed by atoms with van der Waals surface area (Å²) in [6.45, 7) is 4.96. The average molecular weight is 728 g/mol. The van der Waals surface area contributed by atoms with Crippen LogP contribution >= 0.6 is 22.4 Å². The quantitative estimate of drug-likeness (QED) is 0.0949. The van der Waals surface area contributed by atoms with Crippen LogP contribution in [0, 0.1) is 0 Å². The van der Waals surface area contributed by atoms with Crippen LogP contribution in [0.2, 0.25) is 0 Å². The Morgan fingerprint density at radius 3 is 1.87 bits per heavy atom. The predicted molar refractivity (Wildman–Crippen MR) is 177 cm³/mol. The van der Waals surface area contributed by atoms with Crippen LogP contribution in [0.4, 0.5) is 0 Å². The third kappa shape index (κ3) is 19.0. The number of nitrogens with one attached hydrogen (secondary N) is 1. The summed E-state index contributed by atoms with van der Waals surface area (Å²) in [7, 11) is 11.6. The van der Waals surface area contributed by atoms with Crippen LogP contribution in [0.1, 0.15) is 19.3 Å². The minimum Gasteiger partial charge on any atom is -0.788 e. The molecule has 23 heteroatoms. The van der Waals surface area contributed by atoms with Crippen molar-refractivity contribution < 1.29 is 70.8 Å². The maximum Gasteiger partial charge on any atom is 0.132 e. The van der Waals surface area contributed by atoms with Crippen molar-refractivity contribution >= 4 is 53.5 Å². The van der Waals surface area contributed by atoms with Gasteiger partial charge in [0, 0.05) is 72.5 Å². The summed E-state index contributed by atoms with van der Waals surface area (Å²) in [5.41, 5.74) is 0. The number of aliphatic hydroxyl groups excluding tert-OH is 1. The molecule has 2 N–H and O–H groups in total. The Hall–Kier alpha value is 0.430. The zero-order valence-corrected chi connectivity index (χ0v) is 29.9. The first-order valence-corrected chi connectivity index (χ1v) is 20.2. The van der Waals surface area contributed by atoms with Gasteiger partial charge in [-0.2, -0.15) is 0 Å². The molecule has 270 valence electrons. The molecular formula is C24H49B4NO15P3-3. The van der Waals surface area contributed by atoms with Crippen molar-refractivity contribution in [1.82, 2.24) is 5.09 Å². The molecule has 0 aromatic rings. The molecule has 0 bridgehead atoms. The van der Waals surface area contributed by atoms with Gasteiger partial charge in [-0.15, -0.1) is 0 Å². The Morgan fingerprint density at radius 2 is 1.36 bits per heavy atom. The largest absolute Gasteiger partial charge is 0.788 e. The second kappa shape index (κ2) is 21.7. The van der Waals surface area contributed by atoms with Crippen LogP contribution in [0.15, 0.2) is 0 Å². The molecule has 0 aliphatic carbocycles. The van der Waals surface area contributed by atoms with Gasteiger partial charge in [-0.3, -0.25) is 5.09 Å². The van der Waals surface area contributed by atoms with E-state index in [1.54, 1.807) is 13.8 Å². The van der Waals surface area contributed by atoms with Crippen molar-refractivity contribution in [3.63, 3.8) is 0 Å². The topological polar surface area (TPSA) is 213 Å². The highest BCUT2D eigenvalue weighted by molar-refractivity contribution is 7.82. The highest BCUT2D eigenvalue weighted by atomic mass is 31.2. The lowest BCUT2D eigenvalue weighted by Crippen LogP contribution is -2.39. The molecule has 0 aromatic heterocycles. The molecular weight excluding hydrogens is 678 g/mol. The van der Waals surface area contributed by atoms with Crippen molar-refractivity contribution in [1.29, 1.82) is 0 Å². The van der Waals surface area contributed by atoms with E-state index in [0.717, 1.165) is 13.3 Å². The van der Waals surface area contributed by atoms with E-state index in [4.69, 9.17) is 70.9 Å². The smallest absolute Gasteiger partial charge is 0.132 e. The van der Waals surface area contributed by atoms with Crippen molar-refractivity contribution in [3.8, 4) is 0 Å². The van der Waals surface area contributed by atoms with Crippen LogP contribution in [0.3, 0.4) is 0 Å². The lowest BCUT2D eigenvalue weighted by atomic mass is 9.93. The van der Waals surface area contributed by atoms with Gasteiger partial charge in [-0.25, -0.2) is 0 Å². The Balaban J connectivity index is 0.000000359. The Kier molecular flexibility index (Phi) is 21.0. The number of rotatable bonds is 16. The summed E-state index contributed by atoms with van der Waals surface area (Å²) in [4.78, 5) is 22.3. The number of aliphatic hydroxyl groups is 1. The van der Waals surface area contributed by atoms with Crippen LogP contribution in [-0.4, -0.2) is 171 Å². The van der Waals surface area contributed by atoms with Crippen LogP contribution in [0.25, 0.3) is 0 Å². The number of hydrogen-bond donors (Lipinski definition) is 2. The van der Waals surface area contributed by atoms with Crippen LogP contribution < -0.4 is 14.9 Å². The fourth-order valence-corrected chi connectivity index (χ4v) is 6.95. The summed E-state index contributed by atoms with van der Waals surface area (Å²) in [5, 5.41) is 11.2. The number of hydrogen-bond acceptors (Lipinski definition) is 15. The average Bonchev–Trinajstić information content (AvgIpc) is 3.52. The molecule has 3 saturated heterocycles. The summed E-state index contributed by atoms with van der Waals surface area (Å²) in [6.07, 6.45) is -1.27. The van der Waals surface area contributed by atoms with E-state index < -0.39 is 52.7 Å². The zero-order valence-electron chi connectivity index (χ0n) is 27.2. The van der Waals surface area contributed by atoms with Crippen LogP contribution in [0.5, 0.6) is 0 Å². The van der Waals surface area contributed by atoms with E-state index in [0.29, 0.717) is 32.5 Å². The Labute approximate surface area is 283 Å². The molecule has 3 rings (SSSR count). The normalized spacial score (nSPS) is 35.9. The van der Waals surface area contributed by atoms with Gasteiger partial charge in [0.25, 0.3) is 0 Å². The van der Waals surface area contributed by atoms with Gasteiger partial charge in [-0.1, -0.05) is 0 Å². The van der Waals surface area contributed by atoms with Gasteiger partial charge in [-0.05, 0) is 32.6 Å². The Morgan fingerprint density at radius 1 is 0.830 bits per heavy atom. The van der Waals surface area contributed by atoms with E-state index in [2.05, 4.69) is 5.09 Å². The molecule has 3 aliphatic rings. The van der Waals surface area contributed by atoms with Gasteiger partial charge in [0.2, 0.25) is 0 Å². The van der Waals surface area contributed by atoms with E-state index >= 15 is 0 Å². The number of methoxy groups -OCH3 is 3. The van der Waals surface area contributed by atoms with Gasteiger partial charge in [0.15, 0.2) is 0 Å². The molecule has 0 aromatic carbocycles. The fourth-order valence-electron chi connectivity index (χ4n) is 4.77. The predicted octanol–water partition coefficient (Wildman–Crippen LogP) is -2.59. The summed E-state index contributed by atoms with van der Waals surface area (Å²) in [6, 6.07) is -1.81. The first-order valence-electron chi connectivity index (χ1n) is 14.5.